The normalized spacial score (nSPS) is 11.2. The molecule has 0 bridgehead atoms. The van der Waals surface area contributed by atoms with Gasteiger partial charge in [-0.1, -0.05) is 35.9 Å². The van der Waals surface area contributed by atoms with Crippen LogP contribution in [0, 0.1) is 6.92 Å². The molecule has 3 nitrogen and oxygen atoms in total. The van der Waals surface area contributed by atoms with E-state index in [1.54, 1.807) is 6.20 Å². The Balaban J connectivity index is 2.12. The molecule has 102 valence electrons. The van der Waals surface area contributed by atoms with E-state index in [-0.39, 0.29) is 0 Å². The van der Waals surface area contributed by atoms with Crippen molar-refractivity contribution in [3.05, 3.63) is 58.5 Å². The maximum absolute atomic E-state index is 6.01. The molecule has 20 heavy (non-hydrogen) atoms. The number of aromatic nitrogens is 3. The highest BCUT2D eigenvalue weighted by molar-refractivity contribution is 6.31. The highest BCUT2D eigenvalue weighted by Gasteiger charge is 2.12. The van der Waals surface area contributed by atoms with Gasteiger partial charge in [-0.25, -0.2) is 9.97 Å². The number of hydrogen-bond acceptors (Lipinski definition) is 2. The summed E-state index contributed by atoms with van der Waals surface area (Å²) in [7, 11) is 0. The summed E-state index contributed by atoms with van der Waals surface area (Å²) < 4.78 is 2.04. The standard InChI is InChI=1S/C15H13Cl2N3/c1-10-4-2-3-5-11(10)9-20-14(7-16)19-13-6-12(17)8-18-15(13)20/h2-6,8H,7,9H2,1H3. The summed E-state index contributed by atoms with van der Waals surface area (Å²) in [4.78, 5) is 8.89. The SMILES string of the molecule is Cc1ccccc1Cn1c(CCl)nc2cc(Cl)cnc21. The van der Waals surface area contributed by atoms with Crippen molar-refractivity contribution in [2.45, 2.75) is 19.3 Å². The van der Waals surface area contributed by atoms with Gasteiger partial charge in [-0.2, -0.15) is 0 Å². The van der Waals surface area contributed by atoms with Crippen LogP contribution >= 0.6 is 23.2 Å². The van der Waals surface area contributed by atoms with E-state index < -0.39 is 0 Å². The topological polar surface area (TPSA) is 30.7 Å². The molecule has 0 saturated carbocycles. The Kier molecular flexibility index (Phi) is 3.64. The molecule has 0 radical (unpaired) electrons. The Morgan fingerprint density at radius 3 is 2.80 bits per heavy atom. The van der Waals surface area contributed by atoms with Crippen molar-refractivity contribution in [2.24, 2.45) is 0 Å². The molecule has 0 saturated heterocycles. The number of hydrogen-bond donors (Lipinski definition) is 0. The highest BCUT2D eigenvalue weighted by Crippen LogP contribution is 2.21. The molecule has 0 spiro atoms. The van der Waals surface area contributed by atoms with Gasteiger partial charge in [0.15, 0.2) is 5.65 Å². The van der Waals surface area contributed by atoms with E-state index in [2.05, 4.69) is 29.0 Å². The van der Waals surface area contributed by atoms with Gasteiger partial charge in [0.1, 0.15) is 11.3 Å². The zero-order chi connectivity index (χ0) is 14.1. The van der Waals surface area contributed by atoms with Gasteiger partial charge in [0.25, 0.3) is 0 Å². The molecular formula is C15H13Cl2N3. The fraction of sp³-hybridized carbons (Fsp3) is 0.200. The zero-order valence-corrected chi connectivity index (χ0v) is 12.5. The van der Waals surface area contributed by atoms with Crippen molar-refractivity contribution in [1.82, 2.24) is 14.5 Å². The maximum atomic E-state index is 6.01. The number of pyridine rings is 1. The van der Waals surface area contributed by atoms with Gasteiger partial charge in [-0.05, 0) is 24.1 Å². The number of fused-ring (bicyclic) bond motifs is 1. The van der Waals surface area contributed by atoms with Gasteiger partial charge in [0.05, 0.1) is 17.4 Å². The molecule has 0 aliphatic rings. The predicted octanol–water partition coefficient (Wildman–Crippen LogP) is 4.18. The first-order valence-corrected chi connectivity index (χ1v) is 7.21. The lowest BCUT2D eigenvalue weighted by Gasteiger charge is -2.09. The van der Waals surface area contributed by atoms with Gasteiger partial charge in [0.2, 0.25) is 0 Å². The van der Waals surface area contributed by atoms with Crippen LogP contribution in [0.15, 0.2) is 36.5 Å². The van der Waals surface area contributed by atoms with Crippen molar-refractivity contribution in [1.29, 1.82) is 0 Å². The van der Waals surface area contributed by atoms with Crippen molar-refractivity contribution in [3.63, 3.8) is 0 Å². The third-order valence-corrected chi connectivity index (χ3v) is 3.79. The van der Waals surface area contributed by atoms with Gasteiger partial charge in [0, 0.05) is 6.20 Å². The third-order valence-electron chi connectivity index (χ3n) is 3.34. The molecule has 0 atom stereocenters. The first-order chi connectivity index (χ1) is 9.69. The number of aryl methyl sites for hydroxylation is 1. The Labute approximate surface area is 127 Å². The molecule has 0 amide bonds. The number of benzene rings is 1. The zero-order valence-electron chi connectivity index (χ0n) is 11.0. The van der Waals surface area contributed by atoms with E-state index in [1.165, 1.54) is 11.1 Å². The summed E-state index contributed by atoms with van der Waals surface area (Å²) >= 11 is 12.0. The molecule has 3 aromatic rings. The molecular weight excluding hydrogens is 293 g/mol. The second-order valence-corrected chi connectivity index (χ2v) is 5.37. The van der Waals surface area contributed by atoms with Crippen LogP contribution < -0.4 is 0 Å². The summed E-state index contributed by atoms with van der Waals surface area (Å²) in [5.41, 5.74) is 4.06. The molecule has 0 fully saturated rings. The van der Waals surface area contributed by atoms with Gasteiger partial charge >= 0.3 is 0 Å². The van der Waals surface area contributed by atoms with E-state index in [0.717, 1.165) is 17.0 Å². The molecule has 2 heterocycles. The average molecular weight is 306 g/mol. The van der Waals surface area contributed by atoms with Crippen LogP contribution in [0.25, 0.3) is 11.2 Å². The molecule has 5 heteroatoms. The smallest absolute Gasteiger partial charge is 0.160 e. The lowest BCUT2D eigenvalue weighted by Crippen LogP contribution is -2.05. The Hall–Kier alpha value is -1.58. The number of nitrogens with zero attached hydrogens (tertiary/aromatic N) is 3. The summed E-state index contributed by atoms with van der Waals surface area (Å²) in [6.45, 7) is 2.80. The van der Waals surface area contributed by atoms with Crippen molar-refractivity contribution in [2.75, 3.05) is 0 Å². The average Bonchev–Trinajstić information content (AvgIpc) is 2.78. The third kappa shape index (κ3) is 2.39. The Morgan fingerprint density at radius 1 is 1.25 bits per heavy atom. The second-order valence-electron chi connectivity index (χ2n) is 4.67. The minimum Gasteiger partial charge on any atom is -0.307 e. The minimum absolute atomic E-state index is 0.347. The number of rotatable bonds is 3. The van der Waals surface area contributed by atoms with Gasteiger partial charge < -0.3 is 4.57 Å². The summed E-state index contributed by atoms with van der Waals surface area (Å²) in [5.74, 6) is 1.15. The quantitative estimate of drug-likeness (QED) is 0.680. The predicted molar refractivity (Wildman–Crippen MR) is 82.4 cm³/mol. The fourth-order valence-electron chi connectivity index (χ4n) is 2.26. The van der Waals surface area contributed by atoms with Crippen molar-refractivity contribution in [3.8, 4) is 0 Å². The van der Waals surface area contributed by atoms with Crippen LogP contribution in [0.5, 0.6) is 0 Å². The van der Waals surface area contributed by atoms with Crippen molar-refractivity contribution >= 4 is 34.4 Å². The van der Waals surface area contributed by atoms with E-state index in [4.69, 9.17) is 23.2 Å². The van der Waals surface area contributed by atoms with E-state index in [0.29, 0.717) is 17.4 Å². The molecule has 0 unspecified atom stereocenters. The first-order valence-electron chi connectivity index (χ1n) is 6.30. The largest absolute Gasteiger partial charge is 0.307 e. The Bertz CT molecular complexity index is 765. The van der Waals surface area contributed by atoms with Crippen LogP contribution in [-0.2, 0) is 12.4 Å². The fourth-order valence-corrected chi connectivity index (χ4v) is 2.62. The minimum atomic E-state index is 0.347. The number of alkyl halides is 1. The number of halogens is 2. The maximum Gasteiger partial charge on any atom is 0.160 e. The molecule has 2 aromatic heterocycles. The van der Waals surface area contributed by atoms with Crippen LogP contribution in [0.2, 0.25) is 5.02 Å². The second kappa shape index (κ2) is 5.43. The lowest BCUT2D eigenvalue weighted by atomic mass is 10.1. The Morgan fingerprint density at radius 2 is 2.05 bits per heavy atom. The van der Waals surface area contributed by atoms with E-state index >= 15 is 0 Å². The summed E-state index contributed by atoms with van der Waals surface area (Å²) in [5, 5.41) is 0.583. The van der Waals surface area contributed by atoms with E-state index in [9.17, 15) is 0 Å². The highest BCUT2D eigenvalue weighted by atomic mass is 35.5. The molecule has 1 aromatic carbocycles. The molecule has 0 aliphatic heterocycles. The molecule has 0 N–H and O–H groups in total. The van der Waals surface area contributed by atoms with Crippen molar-refractivity contribution < 1.29 is 0 Å². The van der Waals surface area contributed by atoms with Gasteiger partial charge in [-0.3, -0.25) is 0 Å². The first kappa shape index (κ1) is 13.4. The van der Waals surface area contributed by atoms with Crippen LogP contribution in [-0.4, -0.2) is 14.5 Å². The van der Waals surface area contributed by atoms with Crippen LogP contribution in [0.1, 0.15) is 17.0 Å². The molecule has 3 rings (SSSR count). The lowest BCUT2D eigenvalue weighted by molar-refractivity contribution is 0.766. The summed E-state index contributed by atoms with van der Waals surface area (Å²) in [6, 6.07) is 10.1. The van der Waals surface area contributed by atoms with Crippen LogP contribution in [0.4, 0.5) is 0 Å². The van der Waals surface area contributed by atoms with Crippen LogP contribution in [0.3, 0.4) is 0 Å². The van der Waals surface area contributed by atoms with E-state index in [1.807, 2.05) is 22.8 Å². The molecule has 0 aliphatic carbocycles. The van der Waals surface area contributed by atoms with Gasteiger partial charge in [-0.15, -0.1) is 11.6 Å². The monoisotopic (exact) mass is 305 g/mol. The number of imidazole rings is 1. The summed E-state index contributed by atoms with van der Waals surface area (Å²) in [6.07, 6.45) is 1.64.